The number of carbonyl (C=O) groups excluding carboxylic acids is 1. The van der Waals surface area contributed by atoms with E-state index in [9.17, 15) is 4.79 Å². The van der Waals surface area contributed by atoms with Crippen LogP contribution in [0.3, 0.4) is 0 Å². The van der Waals surface area contributed by atoms with E-state index in [1.54, 1.807) is 0 Å². The molecule has 156 valence electrons. The molecule has 0 spiro atoms. The highest BCUT2D eigenvalue weighted by Crippen LogP contribution is 2.25. The zero-order valence-corrected chi connectivity index (χ0v) is 17.5. The molecule has 2 saturated heterocycles. The van der Waals surface area contributed by atoms with Crippen molar-refractivity contribution >= 4 is 5.91 Å². The number of likely N-dealkylation sites (tertiary alicyclic amines) is 1. The number of benzene rings is 1. The molecular formula is C22H32N6O. The van der Waals surface area contributed by atoms with Crippen molar-refractivity contribution in [1.82, 2.24) is 30.5 Å². The molecular weight excluding hydrogens is 364 g/mol. The van der Waals surface area contributed by atoms with Gasteiger partial charge in [0.2, 0.25) is 0 Å². The van der Waals surface area contributed by atoms with Crippen LogP contribution in [0.2, 0.25) is 0 Å². The van der Waals surface area contributed by atoms with Crippen molar-refractivity contribution in [3.05, 3.63) is 46.8 Å². The summed E-state index contributed by atoms with van der Waals surface area (Å²) < 4.78 is 1.94. The fourth-order valence-electron chi connectivity index (χ4n) is 4.52. The van der Waals surface area contributed by atoms with E-state index >= 15 is 0 Å². The molecule has 29 heavy (non-hydrogen) atoms. The fraction of sp³-hybridized carbons (Fsp3) is 0.591. The Morgan fingerprint density at radius 2 is 1.86 bits per heavy atom. The first kappa shape index (κ1) is 20.0. The monoisotopic (exact) mass is 396 g/mol. The normalized spacial score (nSPS) is 19.4. The Labute approximate surface area is 172 Å². The van der Waals surface area contributed by atoms with Gasteiger partial charge in [0.15, 0.2) is 5.69 Å². The number of nitrogens with zero attached hydrogens (tertiary/aromatic N) is 4. The van der Waals surface area contributed by atoms with Gasteiger partial charge in [0, 0.05) is 6.54 Å². The Bertz CT molecular complexity index is 818. The van der Waals surface area contributed by atoms with Gasteiger partial charge >= 0.3 is 0 Å². The predicted octanol–water partition coefficient (Wildman–Crippen LogP) is 2.39. The van der Waals surface area contributed by atoms with Crippen LogP contribution in [0.4, 0.5) is 0 Å². The number of hydrogen-bond acceptors (Lipinski definition) is 5. The van der Waals surface area contributed by atoms with E-state index in [-0.39, 0.29) is 11.9 Å². The van der Waals surface area contributed by atoms with Crippen LogP contribution in [-0.4, -0.2) is 58.5 Å². The summed E-state index contributed by atoms with van der Waals surface area (Å²) in [7, 11) is 0. The molecule has 0 saturated carbocycles. The predicted molar refractivity (Wildman–Crippen MR) is 113 cm³/mol. The van der Waals surface area contributed by atoms with Gasteiger partial charge in [-0.05, 0) is 71.3 Å². The lowest BCUT2D eigenvalue weighted by molar-refractivity contribution is 0.0932. The molecule has 0 aliphatic carbocycles. The van der Waals surface area contributed by atoms with E-state index < -0.39 is 0 Å². The van der Waals surface area contributed by atoms with E-state index in [0.29, 0.717) is 18.3 Å². The van der Waals surface area contributed by atoms with Crippen molar-refractivity contribution in [2.75, 3.05) is 32.7 Å². The zero-order chi connectivity index (χ0) is 20.2. The molecule has 2 fully saturated rings. The van der Waals surface area contributed by atoms with Crippen LogP contribution >= 0.6 is 0 Å². The summed E-state index contributed by atoms with van der Waals surface area (Å²) in [6, 6.07) is 9.19. The van der Waals surface area contributed by atoms with Gasteiger partial charge in [-0.3, -0.25) is 9.69 Å². The van der Waals surface area contributed by atoms with Crippen molar-refractivity contribution in [2.24, 2.45) is 0 Å². The van der Waals surface area contributed by atoms with Gasteiger partial charge < -0.3 is 10.6 Å². The van der Waals surface area contributed by atoms with E-state index in [0.717, 1.165) is 44.7 Å². The molecule has 4 rings (SSSR count). The minimum Gasteiger partial charge on any atom is -0.349 e. The average Bonchev–Trinajstić information content (AvgIpc) is 3.40. The van der Waals surface area contributed by atoms with E-state index in [1.807, 2.05) is 11.6 Å². The minimum absolute atomic E-state index is 0.126. The minimum atomic E-state index is -0.126. The molecule has 1 aromatic heterocycles. The number of aromatic nitrogens is 3. The molecule has 1 amide bonds. The molecule has 0 radical (unpaired) electrons. The van der Waals surface area contributed by atoms with Gasteiger partial charge in [-0.25, -0.2) is 4.68 Å². The Morgan fingerprint density at radius 3 is 2.55 bits per heavy atom. The zero-order valence-electron chi connectivity index (χ0n) is 17.5. The van der Waals surface area contributed by atoms with Crippen LogP contribution in [0.1, 0.15) is 65.1 Å². The number of nitrogens with one attached hydrogen (secondary N) is 2. The van der Waals surface area contributed by atoms with E-state index in [1.165, 1.54) is 24.0 Å². The van der Waals surface area contributed by atoms with Gasteiger partial charge in [-0.1, -0.05) is 35.0 Å². The van der Waals surface area contributed by atoms with Gasteiger partial charge in [-0.2, -0.15) is 0 Å². The lowest BCUT2D eigenvalue weighted by Crippen LogP contribution is -2.37. The van der Waals surface area contributed by atoms with Gasteiger partial charge in [0.25, 0.3) is 5.91 Å². The molecule has 2 N–H and O–H groups in total. The van der Waals surface area contributed by atoms with Crippen molar-refractivity contribution in [1.29, 1.82) is 0 Å². The maximum absolute atomic E-state index is 12.9. The molecule has 2 aliphatic heterocycles. The summed E-state index contributed by atoms with van der Waals surface area (Å²) in [4.78, 5) is 15.4. The standard InChI is InChI=1S/C22H32N6O/c1-16-5-7-18(8-6-16)20(27-13-3-4-14-27)15-24-22(29)21-17(2)28(26-25-21)19-9-11-23-12-10-19/h5-8,19-20,23H,3-4,9-15H2,1-2H3,(H,24,29). The van der Waals surface area contributed by atoms with Crippen LogP contribution < -0.4 is 10.6 Å². The molecule has 0 bridgehead atoms. The number of carbonyl (C=O) groups is 1. The molecule has 3 heterocycles. The van der Waals surface area contributed by atoms with E-state index in [2.05, 4.69) is 57.0 Å². The lowest BCUT2D eigenvalue weighted by Gasteiger charge is -2.28. The lowest BCUT2D eigenvalue weighted by atomic mass is 10.0. The van der Waals surface area contributed by atoms with Gasteiger partial charge in [0.1, 0.15) is 0 Å². The quantitative estimate of drug-likeness (QED) is 0.784. The summed E-state index contributed by atoms with van der Waals surface area (Å²) in [5, 5.41) is 15.0. The SMILES string of the molecule is Cc1ccc(C(CNC(=O)c2nnn(C3CCNCC3)c2C)N2CCCC2)cc1. The second-order valence-electron chi connectivity index (χ2n) is 8.33. The number of aryl methyl sites for hydroxylation is 1. The molecule has 1 unspecified atom stereocenters. The Kier molecular flexibility index (Phi) is 6.25. The highest BCUT2D eigenvalue weighted by Gasteiger charge is 2.26. The first-order valence-electron chi connectivity index (χ1n) is 10.8. The third-order valence-electron chi connectivity index (χ3n) is 6.30. The number of amides is 1. The summed E-state index contributed by atoms with van der Waals surface area (Å²) >= 11 is 0. The summed E-state index contributed by atoms with van der Waals surface area (Å²) in [5.41, 5.74) is 3.83. The van der Waals surface area contributed by atoms with Crippen LogP contribution in [0, 0.1) is 13.8 Å². The average molecular weight is 397 g/mol. The van der Waals surface area contributed by atoms with Gasteiger partial charge in [0.05, 0.1) is 17.8 Å². The van der Waals surface area contributed by atoms with Crippen LogP contribution in [0.15, 0.2) is 24.3 Å². The van der Waals surface area contributed by atoms with Crippen molar-refractivity contribution in [2.45, 2.75) is 51.6 Å². The largest absolute Gasteiger partial charge is 0.349 e. The summed E-state index contributed by atoms with van der Waals surface area (Å²) in [5.74, 6) is -0.126. The van der Waals surface area contributed by atoms with Gasteiger partial charge in [-0.15, -0.1) is 5.10 Å². The Balaban J connectivity index is 1.45. The second kappa shape index (κ2) is 9.05. The van der Waals surface area contributed by atoms with Crippen LogP contribution in [0.5, 0.6) is 0 Å². The molecule has 1 aromatic carbocycles. The summed E-state index contributed by atoms with van der Waals surface area (Å²) in [6.07, 6.45) is 4.49. The molecule has 2 aromatic rings. The molecule has 7 nitrogen and oxygen atoms in total. The maximum atomic E-state index is 12.9. The summed E-state index contributed by atoms with van der Waals surface area (Å²) in [6.45, 7) is 8.78. The molecule has 2 aliphatic rings. The third-order valence-corrected chi connectivity index (χ3v) is 6.30. The molecule has 1 atom stereocenters. The number of piperidine rings is 1. The molecule has 7 heteroatoms. The highest BCUT2D eigenvalue weighted by atomic mass is 16.2. The fourth-order valence-corrected chi connectivity index (χ4v) is 4.52. The second-order valence-corrected chi connectivity index (χ2v) is 8.33. The Morgan fingerprint density at radius 1 is 1.17 bits per heavy atom. The van der Waals surface area contributed by atoms with E-state index in [4.69, 9.17) is 0 Å². The Hall–Kier alpha value is -2.25. The number of rotatable bonds is 6. The smallest absolute Gasteiger partial charge is 0.273 e. The van der Waals surface area contributed by atoms with Crippen molar-refractivity contribution in [3.8, 4) is 0 Å². The topological polar surface area (TPSA) is 75.1 Å². The first-order chi connectivity index (χ1) is 14.1. The van der Waals surface area contributed by atoms with Crippen LogP contribution in [-0.2, 0) is 0 Å². The van der Waals surface area contributed by atoms with Crippen molar-refractivity contribution in [3.63, 3.8) is 0 Å². The highest BCUT2D eigenvalue weighted by molar-refractivity contribution is 5.93. The van der Waals surface area contributed by atoms with Crippen molar-refractivity contribution < 1.29 is 4.79 Å². The third kappa shape index (κ3) is 4.51. The van der Waals surface area contributed by atoms with Crippen LogP contribution in [0.25, 0.3) is 0 Å². The number of hydrogen-bond donors (Lipinski definition) is 2. The maximum Gasteiger partial charge on any atom is 0.273 e. The first-order valence-corrected chi connectivity index (χ1v) is 10.8.